The topological polar surface area (TPSA) is 60.4 Å². The van der Waals surface area contributed by atoms with Gasteiger partial charge in [-0.3, -0.25) is 0 Å². The zero-order valence-corrected chi connectivity index (χ0v) is 14.7. The van der Waals surface area contributed by atoms with Crippen LogP contribution in [0.3, 0.4) is 0 Å². The van der Waals surface area contributed by atoms with Crippen molar-refractivity contribution in [2.75, 3.05) is 6.61 Å². The number of carbonyl (C=O) groups excluding carboxylic acids is 1. The van der Waals surface area contributed by atoms with E-state index in [1.165, 1.54) is 70.6 Å². The molecular weight excluding hydrogens is 276 g/mol. The minimum Gasteiger partial charge on any atom is -0.550 e. The number of aliphatic hydroxyl groups excluding tert-OH is 1. The minimum atomic E-state index is -0.923. The van der Waals surface area contributed by atoms with Crippen molar-refractivity contribution in [1.29, 1.82) is 0 Å². The molecule has 0 fully saturated rings. The lowest BCUT2D eigenvalue weighted by atomic mass is 9.95. The predicted molar refractivity (Wildman–Crippen MR) is 90.5 cm³/mol. The standard InChI is InChI=1S/C19H38O3/c1-2-3-4-11-14-18(17-20)15-12-9-7-5-6-8-10-13-16-19(21)22/h18,20H,2-17H2,1H3,(H,21,22)/p-1. The first-order valence-electron chi connectivity index (χ1n) is 9.51. The molecule has 0 saturated carbocycles. The van der Waals surface area contributed by atoms with Crippen molar-refractivity contribution < 1.29 is 15.0 Å². The first-order valence-corrected chi connectivity index (χ1v) is 9.51. The van der Waals surface area contributed by atoms with E-state index in [-0.39, 0.29) is 6.42 Å². The summed E-state index contributed by atoms with van der Waals surface area (Å²) < 4.78 is 0. The van der Waals surface area contributed by atoms with Gasteiger partial charge in [-0.2, -0.15) is 0 Å². The molecule has 0 rings (SSSR count). The molecule has 0 aliphatic carbocycles. The Balaban J connectivity index is 3.27. The second-order valence-corrected chi connectivity index (χ2v) is 6.64. The van der Waals surface area contributed by atoms with E-state index < -0.39 is 5.97 Å². The van der Waals surface area contributed by atoms with Crippen LogP contribution < -0.4 is 5.11 Å². The van der Waals surface area contributed by atoms with Crippen molar-refractivity contribution in [1.82, 2.24) is 0 Å². The molecule has 0 spiro atoms. The lowest BCUT2D eigenvalue weighted by molar-refractivity contribution is -0.305. The van der Waals surface area contributed by atoms with E-state index in [9.17, 15) is 15.0 Å². The number of carboxylic acids is 1. The van der Waals surface area contributed by atoms with Gasteiger partial charge < -0.3 is 15.0 Å². The average molecular weight is 314 g/mol. The molecule has 1 atom stereocenters. The second-order valence-electron chi connectivity index (χ2n) is 6.64. The Labute approximate surface area is 137 Å². The number of aliphatic hydroxyl groups is 1. The zero-order chi connectivity index (χ0) is 16.5. The van der Waals surface area contributed by atoms with Crippen molar-refractivity contribution >= 4 is 5.97 Å². The van der Waals surface area contributed by atoms with Crippen LogP contribution in [0.25, 0.3) is 0 Å². The van der Waals surface area contributed by atoms with Crippen molar-refractivity contribution in [2.24, 2.45) is 5.92 Å². The summed E-state index contributed by atoms with van der Waals surface area (Å²) in [5.74, 6) is -0.408. The van der Waals surface area contributed by atoms with Crippen LogP contribution in [0.4, 0.5) is 0 Å². The first kappa shape index (κ1) is 21.4. The molecule has 0 aromatic heterocycles. The van der Waals surface area contributed by atoms with Gasteiger partial charge in [0, 0.05) is 12.6 Å². The smallest absolute Gasteiger partial charge is 0.0459 e. The maximum absolute atomic E-state index is 10.3. The van der Waals surface area contributed by atoms with Gasteiger partial charge in [-0.25, -0.2) is 0 Å². The third-order valence-corrected chi connectivity index (χ3v) is 4.47. The highest BCUT2D eigenvalue weighted by Crippen LogP contribution is 2.18. The highest BCUT2D eigenvalue weighted by Gasteiger charge is 2.06. The second kappa shape index (κ2) is 16.8. The Hall–Kier alpha value is -0.570. The van der Waals surface area contributed by atoms with Crippen LogP contribution in [0.15, 0.2) is 0 Å². The fourth-order valence-electron chi connectivity index (χ4n) is 2.95. The van der Waals surface area contributed by atoms with Crippen LogP contribution >= 0.6 is 0 Å². The molecule has 0 bridgehead atoms. The third-order valence-electron chi connectivity index (χ3n) is 4.47. The maximum atomic E-state index is 10.3. The molecule has 0 amide bonds. The van der Waals surface area contributed by atoms with Gasteiger partial charge in [0.1, 0.15) is 0 Å². The average Bonchev–Trinajstić information content (AvgIpc) is 2.50. The normalized spacial score (nSPS) is 12.5. The summed E-state index contributed by atoms with van der Waals surface area (Å²) in [6.07, 6.45) is 16.9. The number of hydrogen-bond donors (Lipinski definition) is 1. The van der Waals surface area contributed by atoms with Crippen LogP contribution in [-0.4, -0.2) is 17.7 Å². The first-order chi connectivity index (χ1) is 10.7. The number of carbonyl (C=O) groups is 1. The molecule has 0 radical (unpaired) electrons. The Morgan fingerprint density at radius 1 is 0.818 bits per heavy atom. The Bertz CT molecular complexity index is 241. The van der Waals surface area contributed by atoms with Gasteiger partial charge in [0.05, 0.1) is 0 Å². The van der Waals surface area contributed by atoms with Gasteiger partial charge in [0.2, 0.25) is 0 Å². The van der Waals surface area contributed by atoms with Gasteiger partial charge in [0.15, 0.2) is 0 Å². The van der Waals surface area contributed by atoms with Gasteiger partial charge in [-0.15, -0.1) is 0 Å². The monoisotopic (exact) mass is 313 g/mol. The lowest BCUT2D eigenvalue weighted by Gasteiger charge is -2.13. The predicted octanol–water partition coefficient (Wildman–Crippen LogP) is 4.22. The molecule has 3 nitrogen and oxygen atoms in total. The molecule has 1 N–H and O–H groups in total. The zero-order valence-electron chi connectivity index (χ0n) is 14.7. The molecule has 3 heteroatoms. The molecule has 22 heavy (non-hydrogen) atoms. The van der Waals surface area contributed by atoms with E-state index >= 15 is 0 Å². The SMILES string of the molecule is CCCCCCC(CO)CCCCCCCCCCC(=O)[O-]. The molecule has 0 aliphatic heterocycles. The van der Waals surface area contributed by atoms with Crippen LogP contribution in [0.1, 0.15) is 103 Å². The summed E-state index contributed by atoms with van der Waals surface area (Å²) in [5.41, 5.74) is 0. The van der Waals surface area contributed by atoms with E-state index in [0.29, 0.717) is 12.5 Å². The molecule has 132 valence electrons. The largest absolute Gasteiger partial charge is 0.550 e. The summed E-state index contributed by atoms with van der Waals surface area (Å²) in [4.78, 5) is 10.3. The van der Waals surface area contributed by atoms with Gasteiger partial charge in [-0.05, 0) is 31.6 Å². The quantitative estimate of drug-likeness (QED) is 0.409. The molecule has 0 heterocycles. The van der Waals surface area contributed by atoms with Crippen molar-refractivity contribution in [3.8, 4) is 0 Å². The summed E-state index contributed by atoms with van der Waals surface area (Å²) in [7, 11) is 0. The fraction of sp³-hybridized carbons (Fsp3) is 0.947. The molecule has 0 aliphatic rings. The number of carboxylic acid groups (broad SMARTS) is 1. The number of unbranched alkanes of at least 4 members (excludes halogenated alkanes) is 10. The Morgan fingerprint density at radius 3 is 1.73 bits per heavy atom. The van der Waals surface area contributed by atoms with E-state index in [1.807, 2.05) is 0 Å². The number of rotatable bonds is 17. The van der Waals surface area contributed by atoms with Gasteiger partial charge in [0.25, 0.3) is 0 Å². The van der Waals surface area contributed by atoms with Crippen LogP contribution in [-0.2, 0) is 4.79 Å². The van der Waals surface area contributed by atoms with Crippen molar-refractivity contribution in [2.45, 2.75) is 103 Å². The molecular formula is C19H37O3-. The third kappa shape index (κ3) is 15.8. The van der Waals surface area contributed by atoms with Crippen molar-refractivity contribution in [3.05, 3.63) is 0 Å². The Morgan fingerprint density at radius 2 is 1.27 bits per heavy atom. The van der Waals surface area contributed by atoms with Gasteiger partial charge >= 0.3 is 0 Å². The van der Waals surface area contributed by atoms with E-state index in [0.717, 1.165) is 19.3 Å². The highest BCUT2D eigenvalue weighted by molar-refractivity contribution is 5.63. The summed E-state index contributed by atoms with van der Waals surface area (Å²) >= 11 is 0. The van der Waals surface area contributed by atoms with E-state index in [4.69, 9.17) is 0 Å². The summed E-state index contributed by atoms with van der Waals surface area (Å²) in [6, 6.07) is 0. The molecule has 0 aromatic rings. The number of aliphatic carboxylic acids is 1. The fourth-order valence-corrected chi connectivity index (χ4v) is 2.95. The van der Waals surface area contributed by atoms with Crippen molar-refractivity contribution in [3.63, 3.8) is 0 Å². The number of hydrogen-bond acceptors (Lipinski definition) is 3. The summed E-state index contributed by atoms with van der Waals surface area (Å²) in [6.45, 7) is 2.58. The maximum Gasteiger partial charge on any atom is 0.0459 e. The van der Waals surface area contributed by atoms with Crippen LogP contribution in [0, 0.1) is 5.92 Å². The van der Waals surface area contributed by atoms with E-state index in [2.05, 4.69) is 6.92 Å². The van der Waals surface area contributed by atoms with Crippen LogP contribution in [0.5, 0.6) is 0 Å². The van der Waals surface area contributed by atoms with Gasteiger partial charge in [-0.1, -0.05) is 77.6 Å². The lowest BCUT2D eigenvalue weighted by Crippen LogP contribution is -2.21. The Kier molecular flexibility index (Phi) is 16.4. The van der Waals surface area contributed by atoms with E-state index in [1.54, 1.807) is 0 Å². The molecule has 1 unspecified atom stereocenters. The minimum absolute atomic E-state index is 0.209. The highest BCUT2D eigenvalue weighted by atomic mass is 16.4. The molecule has 0 saturated heterocycles. The summed E-state index contributed by atoms with van der Waals surface area (Å²) in [5, 5.41) is 19.7. The molecule has 0 aromatic carbocycles. The van der Waals surface area contributed by atoms with Crippen LogP contribution in [0.2, 0.25) is 0 Å².